The normalized spacial score (nSPS) is 20.2. The molecule has 1 fully saturated rings. The van der Waals surface area contributed by atoms with Gasteiger partial charge in [-0.3, -0.25) is 10.6 Å². The summed E-state index contributed by atoms with van der Waals surface area (Å²) >= 11 is 0. The van der Waals surface area contributed by atoms with Crippen LogP contribution in [0.4, 0.5) is 5.69 Å². The Hall–Kier alpha value is -1.69. The van der Waals surface area contributed by atoms with Gasteiger partial charge in [0.1, 0.15) is 5.82 Å². The Morgan fingerprint density at radius 2 is 2.16 bits per heavy atom. The van der Waals surface area contributed by atoms with Crippen molar-refractivity contribution >= 4 is 11.6 Å². The number of hydrazine groups is 1. The van der Waals surface area contributed by atoms with Crippen molar-refractivity contribution in [2.75, 3.05) is 5.43 Å². The van der Waals surface area contributed by atoms with Crippen LogP contribution >= 0.6 is 0 Å². The molecule has 0 aromatic carbocycles. The maximum atomic E-state index is 12.2. The molecule has 1 heterocycles. The number of hydrogen-bond acceptors (Lipinski definition) is 5. The molecule has 104 valence electrons. The molecule has 2 rings (SSSR count). The monoisotopic (exact) mass is 263 g/mol. The van der Waals surface area contributed by atoms with E-state index in [1.54, 1.807) is 6.20 Å². The summed E-state index contributed by atoms with van der Waals surface area (Å²) in [6.07, 6.45) is 2.54. The lowest BCUT2D eigenvalue weighted by atomic mass is 10.2. The van der Waals surface area contributed by atoms with Crippen molar-refractivity contribution in [1.82, 2.24) is 15.3 Å². The number of rotatable bonds is 4. The predicted octanol–water partition coefficient (Wildman–Crippen LogP) is 1.41. The molecule has 1 unspecified atom stereocenters. The van der Waals surface area contributed by atoms with E-state index in [1.807, 2.05) is 13.8 Å². The fourth-order valence-electron chi connectivity index (χ4n) is 1.89. The average Bonchev–Trinajstić information content (AvgIpc) is 2.95. The largest absolute Gasteiger partial charge is 0.347 e. The minimum Gasteiger partial charge on any atom is -0.347 e. The number of carbonyl (C=O) groups excluding carboxylic acids is 1. The first-order valence-electron chi connectivity index (χ1n) is 6.49. The zero-order chi connectivity index (χ0) is 14.2. The fourth-order valence-corrected chi connectivity index (χ4v) is 1.89. The molecule has 0 radical (unpaired) electrons. The molecule has 0 bridgehead atoms. The van der Waals surface area contributed by atoms with Crippen molar-refractivity contribution < 1.29 is 4.79 Å². The van der Waals surface area contributed by atoms with Crippen LogP contribution in [0.1, 0.15) is 56.3 Å². The third-order valence-electron chi connectivity index (χ3n) is 3.51. The summed E-state index contributed by atoms with van der Waals surface area (Å²) < 4.78 is 0. The second kappa shape index (κ2) is 4.77. The van der Waals surface area contributed by atoms with E-state index in [2.05, 4.69) is 34.6 Å². The number of amides is 1. The Balaban J connectivity index is 2.21. The first-order chi connectivity index (χ1) is 8.85. The molecule has 6 heteroatoms. The molecular weight excluding hydrogens is 242 g/mol. The van der Waals surface area contributed by atoms with E-state index in [0.29, 0.717) is 17.2 Å². The van der Waals surface area contributed by atoms with Gasteiger partial charge in [0.25, 0.3) is 5.91 Å². The van der Waals surface area contributed by atoms with Crippen LogP contribution in [0, 0.1) is 5.41 Å². The number of nitrogens with one attached hydrogen (secondary N) is 2. The van der Waals surface area contributed by atoms with Gasteiger partial charge in [0, 0.05) is 12.0 Å². The molecule has 6 nitrogen and oxygen atoms in total. The Labute approximate surface area is 113 Å². The topological polar surface area (TPSA) is 92.9 Å². The van der Waals surface area contributed by atoms with Crippen molar-refractivity contribution in [3.8, 4) is 0 Å². The molecule has 1 aliphatic rings. The summed E-state index contributed by atoms with van der Waals surface area (Å²) in [7, 11) is 0. The second-order valence-electron chi connectivity index (χ2n) is 6.01. The molecule has 1 atom stereocenters. The molecule has 1 aromatic heterocycles. The van der Waals surface area contributed by atoms with Crippen LogP contribution in [-0.4, -0.2) is 21.9 Å². The van der Waals surface area contributed by atoms with Crippen molar-refractivity contribution in [3.63, 3.8) is 0 Å². The number of hydrogen-bond donors (Lipinski definition) is 3. The van der Waals surface area contributed by atoms with E-state index in [1.165, 1.54) is 0 Å². The van der Waals surface area contributed by atoms with Crippen LogP contribution in [0.5, 0.6) is 0 Å². The third-order valence-corrected chi connectivity index (χ3v) is 3.51. The molecule has 19 heavy (non-hydrogen) atoms. The molecule has 1 amide bonds. The van der Waals surface area contributed by atoms with E-state index >= 15 is 0 Å². The first-order valence-corrected chi connectivity index (χ1v) is 6.49. The van der Waals surface area contributed by atoms with E-state index in [0.717, 1.165) is 6.42 Å². The van der Waals surface area contributed by atoms with Crippen molar-refractivity contribution in [2.45, 2.75) is 46.1 Å². The van der Waals surface area contributed by atoms with Gasteiger partial charge in [-0.25, -0.2) is 9.97 Å². The van der Waals surface area contributed by atoms with Gasteiger partial charge in [-0.1, -0.05) is 27.7 Å². The van der Waals surface area contributed by atoms with Crippen LogP contribution in [0.15, 0.2) is 6.20 Å². The van der Waals surface area contributed by atoms with Crippen LogP contribution in [-0.2, 0) is 0 Å². The Morgan fingerprint density at radius 1 is 1.53 bits per heavy atom. The highest BCUT2D eigenvalue weighted by Gasteiger charge is 2.46. The number of nitrogens with zero attached hydrogens (tertiary/aromatic N) is 2. The second-order valence-corrected chi connectivity index (χ2v) is 6.01. The number of nitrogens with two attached hydrogens (primary N) is 1. The van der Waals surface area contributed by atoms with Gasteiger partial charge < -0.3 is 10.7 Å². The summed E-state index contributed by atoms with van der Waals surface area (Å²) in [5.41, 5.74) is 3.41. The molecule has 0 aliphatic heterocycles. The average molecular weight is 263 g/mol. The lowest BCUT2D eigenvalue weighted by molar-refractivity contribution is 0.0941. The van der Waals surface area contributed by atoms with Gasteiger partial charge in [0.2, 0.25) is 0 Å². The van der Waals surface area contributed by atoms with E-state index in [-0.39, 0.29) is 23.3 Å². The molecule has 4 N–H and O–H groups in total. The van der Waals surface area contributed by atoms with Gasteiger partial charge in [-0.2, -0.15) is 0 Å². The van der Waals surface area contributed by atoms with Crippen LogP contribution in [0.3, 0.4) is 0 Å². The highest BCUT2D eigenvalue weighted by atomic mass is 16.2. The molecule has 1 aliphatic carbocycles. The number of aromatic nitrogens is 2. The van der Waals surface area contributed by atoms with Gasteiger partial charge in [-0.15, -0.1) is 0 Å². The zero-order valence-corrected chi connectivity index (χ0v) is 11.8. The van der Waals surface area contributed by atoms with Crippen LogP contribution in [0.25, 0.3) is 0 Å². The summed E-state index contributed by atoms with van der Waals surface area (Å²) in [5.74, 6) is 6.00. The lowest BCUT2D eigenvalue weighted by Gasteiger charge is -2.12. The minimum absolute atomic E-state index is 0.163. The fraction of sp³-hybridized carbons (Fsp3) is 0.615. The van der Waals surface area contributed by atoms with Crippen LogP contribution in [0.2, 0.25) is 0 Å². The van der Waals surface area contributed by atoms with Gasteiger partial charge in [0.05, 0.1) is 11.9 Å². The number of anilines is 1. The van der Waals surface area contributed by atoms with E-state index < -0.39 is 0 Å². The number of carbonyl (C=O) groups is 1. The SMILES string of the molecule is CC(C)c1ncc(NN)c(C(=O)NC2CC2(C)C)n1. The zero-order valence-electron chi connectivity index (χ0n) is 11.8. The lowest BCUT2D eigenvalue weighted by Crippen LogP contribution is -2.31. The van der Waals surface area contributed by atoms with E-state index in [9.17, 15) is 4.79 Å². The Bertz CT molecular complexity index is 498. The Kier molecular flexibility index (Phi) is 3.45. The van der Waals surface area contributed by atoms with E-state index in [4.69, 9.17) is 5.84 Å². The summed E-state index contributed by atoms with van der Waals surface area (Å²) in [5, 5.41) is 2.98. The Morgan fingerprint density at radius 3 is 2.63 bits per heavy atom. The molecule has 1 aromatic rings. The number of nitrogen functional groups attached to an aromatic ring is 1. The quantitative estimate of drug-likeness (QED) is 0.564. The molecular formula is C13H21N5O. The standard InChI is InChI=1S/C13H21N5O/c1-7(2)11-15-6-8(18-14)10(17-11)12(19)16-9-5-13(9,3)4/h6-7,9,18H,5,14H2,1-4H3,(H,16,19). The maximum absolute atomic E-state index is 12.2. The van der Waals surface area contributed by atoms with Crippen molar-refractivity contribution in [2.24, 2.45) is 11.3 Å². The summed E-state index contributed by atoms with van der Waals surface area (Å²) in [4.78, 5) is 20.7. The summed E-state index contributed by atoms with van der Waals surface area (Å²) in [6, 6.07) is 0.211. The maximum Gasteiger partial charge on any atom is 0.272 e. The van der Waals surface area contributed by atoms with Gasteiger partial charge in [-0.05, 0) is 11.8 Å². The third kappa shape index (κ3) is 2.84. The molecule has 1 saturated carbocycles. The van der Waals surface area contributed by atoms with Crippen molar-refractivity contribution in [3.05, 3.63) is 17.7 Å². The minimum atomic E-state index is -0.201. The highest BCUT2D eigenvalue weighted by Crippen LogP contribution is 2.44. The van der Waals surface area contributed by atoms with Gasteiger partial charge >= 0.3 is 0 Å². The summed E-state index contributed by atoms with van der Waals surface area (Å²) in [6.45, 7) is 8.21. The highest BCUT2D eigenvalue weighted by molar-refractivity contribution is 5.97. The first kappa shape index (κ1) is 13.7. The van der Waals surface area contributed by atoms with Crippen LogP contribution < -0.4 is 16.6 Å². The molecule has 0 spiro atoms. The van der Waals surface area contributed by atoms with Gasteiger partial charge in [0.15, 0.2) is 5.69 Å². The van der Waals surface area contributed by atoms with Crippen molar-refractivity contribution in [1.29, 1.82) is 0 Å². The predicted molar refractivity (Wildman–Crippen MR) is 73.6 cm³/mol. The smallest absolute Gasteiger partial charge is 0.272 e. The molecule has 0 saturated heterocycles.